The summed E-state index contributed by atoms with van der Waals surface area (Å²) in [6.07, 6.45) is 1.41. The molecule has 0 saturated heterocycles. The number of amides is 2. The number of furan rings is 1. The van der Waals surface area contributed by atoms with Crippen LogP contribution in [0, 0.1) is 0 Å². The summed E-state index contributed by atoms with van der Waals surface area (Å²) in [4.78, 5) is 28.3. The first-order valence-electron chi connectivity index (χ1n) is 6.88. The van der Waals surface area contributed by atoms with Crippen molar-refractivity contribution in [3.63, 3.8) is 0 Å². The van der Waals surface area contributed by atoms with Gasteiger partial charge in [0.15, 0.2) is 10.9 Å². The van der Waals surface area contributed by atoms with E-state index in [1.54, 1.807) is 13.0 Å². The van der Waals surface area contributed by atoms with E-state index in [0.717, 1.165) is 5.69 Å². The first kappa shape index (κ1) is 16.2. The summed E-state index contributed by atoms with van der Waals surface area (Å²) in [6, 6.07) is 2.46. The average Bonchev–Trinajstić information content (AvgIpc) is 3.08. The number of rotatable bonds is 4. The zero-order valence-electron chi connectivity index (χ0n) is 13.0. The fraction of sp³-hybridized carbons (Fsp3) is 0.400. The van der Waals surface area contributed by atoms with Crippen LogP contribution in [-0.4, -0.2) is 22.8 Å². The molecule has 22 heavy (non-hydrogen) atoms. The third kappa shape index (κ3) is 3.94. The fourth-order valence-corrected chi connectivity index (χ4v) is 2.57. The van der Waals surface area contributed by atoms with Gasteiger partial charge in [0.2, 0.25) is 5.91 Å². The minimum absolute atomic E-state index is 0.0708. The Labute approximate surface area is 132 Å². The molecule has 2 N–H and O–H groups in total. The standard InChI is InChI=1S/C15H19N3O3S/c1-9(16-13(20)10-6-5-7-21-10)12(19)18-14-17-11(8-22-14)15(2,3)4/h5-9H,1-4H3,(H,16,20)(H,17,18,19). The van der Waals surface area contributed by atoms with Gasteiger partial charge < -0.3 is 15.1 Å². The Balaban J connectivity index is 1.94. The van der Waals surface area contributed by atoms with Gasteiger partial charge in [-0.05, 0) is 19.1 Å². The fourth-order valence-electron chi connectivity index (χ4n) is 1.63. The van der Waals surface area contributed by atoms with E-state index in [-0.39, 0.29) is 17.1 Å². The monoisotopic (exact) mass is 321 g/mol. The van der Waals surface area contributed by atoms with Crippen molar-refractivity contribution in [3.8, 4) is 0 Å². The molecule has 7 heteroatoms. The van der Waals surface area contributed by atoms with Crippen LogP contribution in [0.5, 0.6) is 0 Å². The highest BCUT2D eigenvalue weighted by atomic mass is 32.1. The van der Waals surface area contributed by atoms with E-state index in [4.69, 9.17) is 4.42 Å². The van der Waals surface area contributed by atoms with Crippen molar-refractivity contribution >= 4 is 28.3 Å². The molecule has 0 aliphatic rings. The molecule has 2 aromatic rings. The lowest BCUT2D eigenvalue weighted by Crippen LogP contribution is -2.41. The predicted octanol–water partition coefficient (Wildman–Crippen LogP) is 2.79. The second-order valence-electron chi connectivity index (χ2n) is 5.95. The van der Waals surface area contributed by atoms with Crippen LogP contribution in [0.25, 0.3) is 0 Å². The van der Waals surface area contributed by atoms with Gasteiger partial charge in [-0.1, -0.05) is 20.8 Å². The highest BCUT2D eigenvalue weighted by molar-refractivity contribution is 7.14. The number of nitrogens with one attached hydrogen (secondary N) is 2. The molecule has 1 unspecified atom stereocenters. The van der Waals surface area contributed by atoms with Gasteiger partial charge in [0.25, 0.3) is 5.91 Å². The van der Waals surface area contributed by atoms with Crippen LogP contribution in [0.1, 0.15) is 43.9 Å². The largest absolute Gasteiger partial charge is 0.459 e. The molecule has 0 fully saturated rings. The Hall–Kier alpha value is -2.15. The van der Waals surface area contributed by atoms with E-state index in [1.165, 1.54) is 23.7 Å². The molecule has 0 radical (unpaired) electrons. The Kier molecular flexibility index (Phi) is 4.65. The van der Waals surface area contributed by atoms with Crippen LogP contribution in [0.15, 0.2) is 28.2 Å². The molecule has 0 saturated carbocycles. The van der Waals surface area contributed by atoms with Crippen LogP contribution < -0.4 is 10.6 Å². The van der Waals surface area contributed by atoms with Crippen LogP contribution in [0.4, 0.5) is 5.13 Å². The SMILES string of the molecule is CC(NC(=O)c1ccco1)C(=O)Nc1nc(C(C)(C)C)cs1. The molecular weight excluding hydrogens is 302 g/mol. The van der Waals surface area contributed by atoms with Crippen molar-refractivity contribution in [3.05, 3.63) is 35.2 Å². The number of anilines is 1. The smallest absolute Gasteiger partial charge is 0.287 e. The minimum atomic E-state index is -0.695. The van der Waals surface area contributed by atoms with E-state index in [2.05, 4.69) is 36.4 Å². The number of hydrogen-bond donors (Lipinski definition) is 2. The molecule has 1 atom stereocenters. The Morgan fingerprint density at radius 3 is 2.64 bits per heavy atom. The van der Waals surface area contributed by atoms with Crippen molar-refractivity contribution in [2.24, 2.45) is 0 Å². The summed E-state index contributed by atoms with van der Waals surface area (Å²) in [7, 11) is 0. The van der Waals surface area contributed by atoms with E-state index in [0.29, 0.717) is 5.13 Å². The summed E-state index contributed by atoms with van der Waals surface area (Å²) in [5.41, 5.74) is 0.846. The third-order valence-electron chi connectivity index (χ3n) is 2.99. The number of hydrogen-bond acceptors (Lipinski definition) is 5. The molecule has 2 amide bonds. The number of thiazole rings is 1. The molecule has 0 spiro atoms. The van der Waals surface area contributed by atoms with Gasteiger partial charge in [-0.25, -0.2) is 4.98 Å². The number of aromatic nitrogens is 1. The van der Waals surface area contributed by atoms with E-state index < -0.39 is 11.9 Å². The number of nitrogens with zero attached hydrogens (tertiary/aromatic N) is 1. The van der Waals surface area contributed by atoms with Gasteiger partial charge in [-0.2, -0.15) is 0 Å². The second kappa shape index (κ2) is 6.31. The Morgan fingerprint density at radius 2 is 2.09 bits per heavy atom. The molecule has 0 bridgehead atoms. The summed E-state index contributed by atoms with van der Waals surface area (Å²) in [6.45, 7) is 7.77. The van der Waals surface area contributed by atoms with Crippen molar-refractivity contribution in [2.75, 3.05) is 5.32 Å². The van der Waals surface area contributed by atoms with Crippen LogP contribution in [-0.2, 0) is 10.2 Å². The third-order valence-corrected chi connectivity index (χ3v) is 3.75. The Bertz CT molecular complexity index is 656. The molecule has 118 valence electrons. The van der Waals surface area contributed by atoms with Crippen LogP contribution >= 0.6 is 11.3 Å². The highest BCUT2D eigenvalue weighted by Crippen LogP contribution is 2.26. The predicted molar refractivity (Wildman–Crippen MR) is 85.1 cm³/mol. The first-order chi connectivity index (χ1) is 10.3. The summed E-state index contributed by atoms with van der Waals surface area (Å²) < 4.78 is 4.98. The van der Waals surface area contributed by atoms with Crippen molar-refractivity contribution in [2.45, 2.75) is 39.2 Å². The highest BCUT2D eigenvalue weighted by Gasteiger charge is 2.21. The zero-order chi connectivity index (χ0) is 16.3. The quantitative estimate of drug-likeness (QED) is 0.907. The van der Waals surface area contributed by atoms with E-state index >= 15 is 0 Å². The van der Waals surface area contributed by atoms with E-state index in [9.17, 15) is 9.59 Å². The summed E-state index contributed by atoms with van der Waals surface area (Å²) in [5.74, 6) is -0.583. The van der Waals surface area contributed by atoms with E-state index in [1.807, 2.05) is 5.38 Å². The lowest BCUT2D eigenvalue weighted by molar-refractivity contribution is -0.117. The van der Waals surface area contributed by atoms with Crippen LogP contribution in [0.3, 0.4) is 0 Å². The zero-order valence-corrected chi connectivity index (χ0v) is 13.8. The van der Waals surface area contributed by atoms with Gasteiger partial charge in [-0.15, -0.1) is 11.3 Å². The van der Waals surface area contributed by atoms with Gasteiger partial charge in [0, 0.05) is 10.8 Å². The van der Waals surface area contributed by atoms with Gasteiger partial charge in [0.05, 0.1) is 12.0 Å². The van der Waals surface area contributed by atoms with Crippen LogP contribution in [0.2, 0.25) is 0 Å². The lowest BCUT2D eigenvalue weighted by Gasteiger charge is -2.14. The molecule has 0 aliphatic heterocycles. The molecule has 0 aliphatic carbocycles. The molecule has 6 nitrogen and oxygen atoms in total. The van der Waals surface area contributed by atoms with Gasteiger partial charge in [-0.3, -0.25) is 9.59 Å². The average molecular weight is 321 g/mol. The maximum absolute atomic E-state index is 12.1. The second-order valence-corrected chi connectivity index (χ2v) is 6.81. The number of carbonyl (C=O) groups is 2. The summed E-state index contributed by atoms with van der Waals surface area (Å²) >= 11 is 1.36. The molecular formula is C15H19N3O3S. The normalized spacial score (nSPS) is 12.7. The first-order valence-corrected chi connectivity index (χ1v) is 7.76. The molecule has 0 aromatic carbocycles. The Morgan fingerprint density at radius 1 is 1.36 bits per heavy atom. The van der Waals surface area contributed by atoms with Gasteiger partial charge in [0.1, 0.15) is 6.04 Å². The lowest BCUT2D eigenvalue weighted by atomic mass is 9.93. The molecule has 2 rings (SSSR count). The van der Waals surface area contributed by atoms with Crippen molar-refractivity contribution in [1.29, 1.82) is 0 Å². The number of carbonyl (C=O) groups excluding carboxylic acids is 2. The summed E-state index contributed by atoms with van der Waals surface area (Å²) in [5, 5.41) is 7.72. The van der Waals surface area contributed by atoms with Gasteiger partial charge >= 0.3 is 0 Å². The minimum Gasteiger partial charge on any atom is -0.459 e. The maximum atomic E-state index is 12.1. The van der Waals surface area contributed by atoms with Crippen molar-refractivity contribution in [1.82, 2.24) is 10.3 Å². The van der Waals surface area contributed by atoms with Crippen molar-refractivity contribution < 1.29 is 14.0 Å². The maximum Gasteiger partial charge on any atom is 0.287 e. The molecule has 2 heterocycles. The molecule has 2 aromatic heterocycles. The topological polar surface area (TPSA) is 84.2 Å².